The minimum absolute atomic E-state index is 0.158. The minimum atomic E-state index is 0.158. The minimum Gasteiger partial charge on any atom is -0.353 e. The molecule has 0 aromatic rings. The smallest absolute Gasteiger partial charge is 0.220 e. The number of carbonyl (C=O) groups is 1. The van der Waals surface area contributed by atoms with Crippen LogP contribution in [0.4, 0.5) is 0 Å². The molecule has 3 heteroatoms. The Morgan fingerprint density at radius 3 is 2.11 bits per heavy atom. The highest BCUT2D eigenvalue weighted by Gasteiger charge is 2.18. The average molecular weight is 256 g/mol. The monoisotopic (exact) mass is 256 g/mol. The average Bonchev–Trinajstić information content (AvgIpc) is 2.28. The van der Waals surface area contributed by atoms with Gasteiger partial charge in [-0.25, -0.2) is 0 Å². The molecule has 3 N–H and O–H groups in total. The first-order chi connectivity index (χ1) is 8.44. The van der Waals surface area contributed by atoms with Crippen LogP contribution in [0.5, 0.6) is 0 Å². The number of amides is 1. The molecule has 2 atom stereocenters. The van der Waals surface area contributed by atoms with Crippen LogP contribution in [-0.4, -0.2) is 18.5 Å². The van der Waals surface area contributed by atoms with Gasteiger partial charge in [0.15, 0.2) is 0 Å². The number of nitrogens with one attached hydrogen (secondary N) is 1. The topological polar surface area (TPSA) is 55.1 Å². The van der Waals surface area contributed by atoms with Gasteiger partial charge in [0.1, 0.15) is 0 Å². The molecule has 108 valence electrons. The molecule has 0 aliphatic carbocycles. The molecule has 0 spiro atoms. The maximum atomic E-state index is 12.0. The van der Waals surface area contributed by atoms with Crippen LogP contribution in [0.3, 0.4) is 0 Å². The van der Waals surface area contributed by atoms with E-state index < -0.39 is 0 Å². The van der Waals surface area contributed by atoms with E-state index in [1.54, 1.807) is 0 Å². The van der Waals surface area contributed by atoms with E-state index in [2.05, 4.69) is 39.9 Å². The predicted molar refractivity (Wildman–Crippen MR) is 78.3 cm³/mol. The lowest BCUT2D eigenvalue weighted by atomic mass is 9.92. The largest absolute Gasteiger partial charge is 0.353 e. The van der Waals surface area contributed by atoms with Crippen LogP contribution in [0.25, 0.3) is 0 Å². The van der Waals surface area contributed by atoms with E-state index in [-0.39, 0.29) is 11.9 Å². The molecule has 18 heavy (non-hydrogen) atoms. The highest BCUT2D eigenvalue weighted by Crippen LogP contribution is 2.16. The SMILES string of the molecule is CCC(CC)C(C)NC(=O)C[C@@H](CN)CC(C)C. The molecule has 0 aromatic carbocycles. The standard InChI is InChI=1S/C15H32N2O/c1-6-14(7-2)12(5)17-15(18)9-13(10-16)8-11(3)4/h11-14H,6-10,16H2,1-5H3,(H,17,18)/t12?,13-/m0/s1. The van der Waals surface area contributed by atoms with Crippen molar-refractivity contribution in [2.24, 2.45) is 23.5 Å². The molecular formula is C15H32N2O. The van der Waals surface area contributed by atoms with Crippen LogP contribution in [-0.2, 0) is 4.79 Å². The van der Waals surface area contributed by atoms with Gasteiger partial charge in [0.25, 0.3) is 0 Å². The van der Waals surface area contributed by atoms with Crippen molar-refractivity contribution >= 4 is 5.91 Å². The molecule has 0 aromatic heterocycles. The molecule has 0 radical (unpaired) electrons. The molecule has 1 amide bonds. The van der Waals surface area contributed by atoms with Gasteiger partial charge in [-0.3, -0.25) is 4.79 Å². The Balaban J connectivity index is 4.15. The molecule has 3 nitrogen and oxygen atoms in total. The second kappa shape index (κ2) is 9.37. The zero-order chi connectivity index (χ0) is 14.1. The van der Waals surface area contributed by atoms with Crippen molar-refractivity contribution in [3.05, 3.63) is 0 Å². The normalized spacial score (nSPS) is 14.9. The van der Waals surface area contributed by atoms with Gasteiger partial charge >= 0.3 is 0 Å². The Labute approximate surface area is 113 Å². The van der Waals surface area contributed by atoms with Gasteiger partial charge in [0, 0.05) is 12.5 Å². The first kappa shape index (κ1) is 17.4. The maximum Gasteiger partial charge on any atom is 0.220 e. The molecular weight excluding hydrogens is 224 g/mol. The summed E-state index contributed by atoms with van der Waals surface area (Å²) >= 11 is 0. The fourth-order valence-electron chi connectivity index (χ4n) is 2.62. The Hall–Kier alpha value is -0.570. The first-order valence-corrected chi connectivity index (χ1v) is 7.43. The number of rotatable bonds is 9. The predicted octanol–water partition coefficient (Wildman–Crippen LogP) is 2.94. The first-order valence-electron chi connectivity index (χ1n) is 7.43. The van der Waals surface area contributed by atoms with Gasteiger partial charge in [-0.2, -0.15) is 0 Å². The van der Waals surface area contributed by atoms with E-state index in [0.29, 0.717) is 30.7 Å². The van der Waals surface area contributed by atoms with Crippen LogP contribution in [0.15, 0.2) is 0 Å². The van der Waals surface area contributed by atoms with Crippen LogP contribution in [0.1, 0.15) is 60.3 Å². The van der Waals surface area contributed by atoms with E-state index in [4.69, 9.17) is 5.73 Å². The fraction of sp³-hybridized carbons (Fsp3) is 0.933. The highest BCUT2D eigenvalue weighted by molar-refractivity contribution is 5.76. The summed E-state index contributed by atoms with van der Waals surface area (Å²) < 4.78 is 0. The van der Waals surface area contributed by atoms with Crippen molar-refractivity contribution in [2.45, 2.75) is 66.3 Å². The zero-order valence-corrected chi connectivity index (χ0v) is 12.8. The Bertz CT molecular complexity index is 219. The van der Waals surface area contributed by atoms with Crippen LogP contribution >= 0.6 is 0 Å². The summed E-state index contributed by atoms with van der Waals surface area (Å²) in [4.78, 5) is 12.0. The van der Waals surface area contributed by atoms with Crippen molar-refractivity contribution in [1.82, 2.24) is 5.32 Å². The third kappa shape index (κ3) is 7.00. The van der Waals surface area contributed by atoms with E-state index in [9.17, 15) is 4.79 Å². The molecule has 1 unspecified atom stereocenters. The highest BCUT2D eigenvalue weighted by atomic mass is 16.1. The van der Waals surface area contributed by atoms with Gasteiger partial charge in [-0.05, 0) is 37.6 Å². The molecule has 0 aliphatic rings. The lowest BCUT2D eigenvalue weighted by Gasteiger charge is -2.24. The van der Waals surface area contributed by atoms with Crippen molar-refractivity contribution in [1.29, 1.82) is 0 Å². The van der Waals surface area contributed by atoms with E-state index in [1.807, 2.05) is 0 Å². The van der Waals surface area contributed by atoms with E-state index >= 15 is 0 Å². The summed E-state index contributed by atoms with van der Waals surface area (Å²) in [6.07, 6.45) is 3.83. The Morgan fingerprint density at radius 1 is 1.17 bits per heavy atom. The summed E-state index contributed by atoms with van der Waals surface area (Å²) in [5.74, 6) is 1.66. The summed E-state index contributed by atoms with van der Waals surface area (Å²) in [6.45, 7) is 11.4. The Kier molecular flexibility index (Phi) is 9.08. The van der Waals surface area contributed by atoms with Crippen LogP contribution in [0, 0.1) is 17.8 Å². The van der Waals surface area contributed by atoms with Crippen molar-refractivity contribution < 1.29 is 4.79 Å². The number of hydrogen-bond acceptors (Lipinski definition) is 2. The molecule has 0 saturated carbocycles. The van der Waals surface area contributed by atoms with Crippen molar-refractivity contribution in [3.8, 4) is 0 Å². The van der Waals surface area contributed by atoms with E-state index in [0.717, 1.165) is 19.3 Å². The Morgan fingerprint density at radius 2 is 1.72 bits per heavy atom. The molecule has 0 saturated heterocycles. The lowest BCUT2D eigenvalue weighted by Crippen LogP contribution is -2.39. The number of carbonyl (C=O) groups excluding carboxylic acids is 1. The summed E-state index contributed by atoms with van der Waals surface area (Å²) in [6, 6.07) is 0.268. The van der Waals surface area contributed by atoms with Crippen LogP contribution in [0.2, 0.25) is 0 Å². The van der Waals surface area contributed by atoms with Gasteiger partial charge in [0.05, 0.1) is 0 Å². The third-order valence-corrected chi connectivity index (χ3v) is 3.76. The zero-order valence-electron chi connectivity index (χ0n) is 12.8. The van der Waals surface area contributed by atoms with Crippen molar-refractivity contribution in [3.63, 3.8) is 0 Å². The molecule has 0 fully saturated rings. The summed E-state index contributed by atoms with van der Waals surface area (Å²) in [7, 11) is 0. The van der Waals surface area contributed by atoms with Gasteiger partial charge in [-0.1, -0.05) is 40.5 Å². The molecule has 0 bridgehead atoms. The van der Waals surface area contributed by atoms with Gasteiger partial charge in [0.2, 0.25) is 5.91 Å². The number of hydrogen-bond donors (Lipinski definition) is 2. The second-order valence-electron chi connectivity index (χ2n) is 5.87. The third-order valence-electron chi connectivity index (χ3n) is 3.76. The fourth-order valence-corrected chi connectivity index (χ4v) is 2.62. The van der Waals surface area contributed by atoms with Gasteiger partial charge in [-0.15, -0.1) is 0 Å². The van der Waals surface area contributed by atoms with E-state index in [1.165, 1.54) is 0 Å². The van der Waals surface area contributed by atoms with Crippen molar-refractivity contribution in [2.75, 3.05) is 6.54 Å². The quantitative estimate of drug-likeness (QED) is 0.666. The lowest BCUT2D eigenvalue weighted by molar-refractivity contribution is -0.123. The molecule has 0 aliphatic heterocycles. The van der Waals surface area contributed by atoms with Gasteiger partial charge < -0.3 is 11.1 Å². The summed E-state index contributed by atoms with van der Waals surface area (Å²) in [5.41, 5.74) is 5.73. The molecule has 0 rings (SSSR count). The second-order valence-corrected chi connectivity index (χ2v) is 5.87. The summed E-state index contributed by atoms with van der Waals surface area (Å²) in [5, 5.41) is 3.13. The number of nitrogens with two attached hydrogens (primary N) is 1. The maximum absolute atomic E-state index is 12.0. The molecule has 0 heterocycles. The van der Waals surface area contributed by atoms with Crippen LogP contribution < -0.4 is 11.1 Å².